The Bertz CT molecular complexity index is 2900. The maximum absolute atomic E-state index is 9.00. The quantitative estimate of drug-likeness (QED) is 0.134. The summed E-state index contributed by atoms with van der Waals surface area (Å²) in [6, 6.07) is 32.9. The van der Waals surface area contributed by atoms with E-state index in [1.165, 1.54) is 11.1 Å². The number of ether oxygens (including phenoxy) is 3. The van der Waals surface area contributed by atoms with Gasteiger partial charge >= 0.3 is 0 Å². The lowest BCUT2D eigenvalue weighted by molar-refractivity contribution is -0.134. The molecule has 0 aliphatic carbocycles. The molecule has 0 aliphatic heterocycles. The monoisotopic (exact) mass is 891 g/mol. The van der Waals surface area contributed by atoms with E-state index in [0.29, 0.717) is 44.4 Å². The molecule has 13 nitrogen and oxygen atoms in total. The van der Waals surface area contributed by atoms with Crippen molar-refractivity contribution in [3.05, 3.63) is 130 Å². The van der Waals surface area contributed by atoms with Crippen molar-refractivity contribution in [3.8, 4) is 51.0 Å². The van der Waals surface area contributed by atoms with Crippen LogP contribution in [0.1, 0.15) is 29.2 Å². The fourth-order valence-corrected chi connectivity index (χ4v) is 6.86. The minimum absolute atomic E-state index is 0. The molecule has 0 bridgehead atoms. The second-order valence-corrected chi connectivity index (χ2v) is 14.7. The van der Waals surface area contributed by atoms with Crippen molar-refractivity contribution in [1.29, 1.82) is 0 Å². The molecule has 0 amide bonds. The largest absolute Gasteiger partial charge is 0.496 e. The van der Waals surface area contributed by atoms with Crippen molar-refractivity contribution in [2.75, 3.05) is 32.8 Å². The van der Waals surface area contributed by atoms with Crippen LogP contribution < -0.4 is 25.7 Å². The maximum Gasteiger partial charge on any atom is 0.300 e. The number of aromatic nitrogens is 3. The van der Waals surface area contributed by atoms with Gasteiger partial charge < -0.3 is 44.4 Å². The number of halogens is 2. The summed E-state index contributed by atoms with van der Waals surface area (Å²) in [6.45, 7) is 9.22. The topological polar surface area (TPSA) is 195 Å². The van der Waals surface area contributed by atoms with Crippen molar-refractivity contribution in [1.82, 2.24) is 15.5 Å². The molecule has 3 aromatic heterocycles. The number of nitrogens with zero attached hydrogens (tertiary/aromatic N) is 3. The van der Waals surface area contributed by atoms with Crippen LogP contribution in [0.4, 0.5) is 11.4 Å². The lowest BCUT2D eigenvalue weighted by atomic mass is 10.0. The first-order valence-corrected chi connectivity index (χ1v) is 19.6. The number of aliphatic carboxylic acids is 1. The highest BCUT2D eigenvalue weighted by Crippen LogP contribution is 2.41. The second-order valence-electron chi connectivity index (χ2n) is 14.3. The van der Waals surface area contributed by atoms with Gasteiger partial charge in [-0.2, -0.15) is 0 Å². The first-order chi connectivity index (χ1) is 29.7. The van der Waals surface area contributed by atoms with Crippen molar-refractivity contribution in [2.45, 2.75) is 34.6 Å². The SMILES string of the molecule is CC(=O)O.COc1ccc(C)cc1-c1noc2ccc(C)cc12.COc1ccc(C)cc1-c1noc2ccc(N)c(Cl)c12.COc1ccc(C)cc1-c1noc2ccc(N)cc12.Cl. The molecule has 15 heteroatoms. The van der Waals surface area contributed by atoms with Crippen LogP contribution in [0.3, 0.4) is 0 Å². The first-order valence-electron chi connectivity index (χ1n) is 19.2. The third-order valence-corrected chi connectivity index (χ3v) is 9.96. The normalized spacial score (nSPS) is 10.4. The van der Waals surface area contributed by atoms with E-state index in [1.807, 2.05) is 86.6 Å². The predicted octanol–water partition coefficient (Wildman–Crippen LogP) is 12.1. The Balaban J connectivity index is 0.000000169. The van der Waals surface area contributed by atoms with Crippen LogP contribution >= 0.6 is 24.0 Å². The van der Waals surface area contributed by atoms with Crippen LogP contribution in [0.25, 0.3) is 66.7 Å². The van der Waals surface area contributed by atoms with E-state index in [-0.39, 0.29) is 12.4 Å². The van der Waals surface area contributed by atoms with Crippen LogP contribution in [-0.2, 0) is 4.79 Å². The zero-order chi connectivity index (χ0) is 44.7. The van der Waals surface area contributed by atoms with E-state index >= 15 is 0 Å². The summed E-state index contributed by atoms with van der Waals surface area (Å²) in [6.07, 6.45) is 0. The number of carboxylic acid groups (broad SMARTS) is 1. The number of nitrogens with two attached hydrogens (primary N) is 2. The third-order valence-electron chi connectivity index (χ3n) is 9.56. The molecule has 0 atom stereocenters. The number of carbonyl (C=O) groups is 1. The van der Waals surface area contributed by atoms with E-state index in [9.17, 15) is 0 Å². The van der Waals surface area contributed by atoms with Crippen LogP contribution in [0.2, 0.25) is 5.02 Å². The molecule has 0 saturated heterocycles. The minimum Gasteiger partial charge on any atom is -0.496 e. The Labute approximate surface area is 374 Å². The van der Waals surface area contributed by atoms with Crippen molar-refractivity contribution in [3.63, 3.8) is 0 Å². The molecule has 6 aromatic carbocycles. The maximum atomic E-state index is 9.00. The van der Waals surface area contributed by atoms with E-state index in [0.717, 1.165) is 74.0 Å². The minimum atomic E-state index is -0.833. The van der Waals surface area contributed by atoms with Gasteiger partial charge in [-0.3, -0.25) is 4.79 Å². The van der Waals surface area contributed by atoms with Crippen LogP contribution in [0.5, 0.6) is 17.2 Å². The number of hydrogen-bond donors (Lipinski definition) is 3. The van der Waals surface area contributed by atoms with Gasteiger partial charge in [0.05, 0.1) is 48.2 Å². The van der Waals surface area contributed by atoms with Gasteiger partial charge in [-0.25, -0.2) is 0 Å². The summed E-state index contributed by atoms with van der Waals surface area (Å²) >= 11 is 6.29. The molecule has 3 heterocycles. The van der Waals surface area contributed by atoms with Gasteiger partial charge in [0.2, 0.25) is 0 Å². The van der Waals surface area contributed by atoms with Crippen molar-refractivity contribution < 1.29 is 37.7 Å². The Hall–Kier alpha value is -7.22. The summed E-state index contributed by atoms with van der Waals surface area (Å²) in [7, 11) is 4.93. The highest BCUT2D eigenvalue weighted by Gasteiger charge is 2.19. The molecule has 9 aromatic rings. The van der Waals surface area contributed by atoms with Crippen LogP contribution in [-0.4, -0.2) is 47.9 Å². The van der Waals surface area contributed by atoms with E-state index in [4.69, 9.17) is 60.7 Å². The summed E-state index contributed by atoms with van der Waals surface area (Å²) in [4.78, 5) is 9.00. The number of methoxy groups -OCH3 is 3. The molecule has 0 saturated carbocycles. The average molecular weight is 893 g/mol. The second kappa shape index (κ2) is 20.6. The van der Waals surface area contributed by atoms with Gasteiger partial charge in [-0.05, 0) is 107 Å². The Morgan fingerprint density at radius 2 is 0.921 bits per heavy atom. The van der Waals surface area contributed by atoms with E-state index in [2.05, 4.69) is 41.5 Å². The lowest BCUT2D eigenvalue weighted by Gasteiger charge is -2.08. The van der Waals surface area contributed by atoms with Gasteiger partial charge in [-0.1, -0.05) is 73.6 Å². The average Bonchev–Trinajstić information content (AvgIpc) is 3.99. The third kappa shape index (κ3) is 10.6. The van der Waals surface area contributed by atoms with E-state index < -0.39 is 5.97 Å². The zero-order valence-electron chi connectivity index (χ0n) is 35.9. The molecule has 0 fully saturated rings. The number of fused-ring (bicyclic) bond motifs is 3. The number of aryl methyl sites for hydroxylation is 4. The summed E-state index contributed by atoms with van der Waals surface area (Å²) < 4.78 is 32.3. The molecular weight excluding hydrogens is 845 g/mol. The molecule has 0 radical (unpaired) electrons. The molecule has 0 unspecified atom stereocenters. The van der Waals surface area contributed by atoms with Crippen LogP contribution in [0.15, 0.2) is 117 Å². The molecular formula is C48H47Cl2N5O8. The van der Waals surface area contributed by atoms with Crippen LogP contribution in [0, 0.1) is 27.7 Å². The number of anilines is 2. The molecule has 326 valence electrons. The number of benzene rings is 6. The van der Waals surface area contributed by atoms with Crippen molar-refractivity contribution in [2.24, 2.45) is 0 Å². The van der Waals surface area contributed by atoms with E-state index in [1.54, 1.807) is 39.5 Å². The smallest absolute Gasteiger partial charge is 0.300 e. The fourth-order valence-electron chi connectivity index (χ4n) is 6.61. The zero-order valence-corrected chi connectivity index (χ0v) is 37.5. The molecule has 9 rings (SSSR count). The molecule has 63 heavy (non-hydrogen) atoms. The number of nitrogen functional groups attached to an aromatic ring is 2. The predicted molar refractivity (Wildman–Crippen MR) is 251 cm³/mol. The van der Waals surface area contributed by atoms with Crippen molar-refractivity contribution >= 4 is 74.3 Å². The van der Waals surface area contributed by atoms with Gasteiger partial charge in [-0.15, -0.1) is 12.4 Å². The Morgan fingerprint density at radius 1 is 0.556 bits per heavy atom. The fraction of sp³-hybridized carbons (Fsp3) is 0.167. The standard InChI is InChI=1S/C16H15NO2.C15H13ClN2O2.C15H14N2O2.C2H4O2.ClH/c1-10-4-6-14(18-3)12(8-10)16-13-9-11(2)5-7-15(13)19-17-16;1-8-3-5-11(19-2)9(7-8)15-13-12(20-18-15)6-4-10(17)14(13)16;1-9-3-5-13(18-2)11(7-9)15-12-8-10(16)4-6-14(12)19-17-15;1-2(3)4;/h4-9H,1-3H3;3-7H,17H2,1-2H3;3-8H,16H2,1-2H3;1H3,(H,3,4);1H. The molecule has 0 spiro atoms. The number of rotatable bonds is 6. The highest BCUT2D eigenvalue weighted by atomic mass is 35.5. The number of carboxylic acids is 1. The van der Waals surface area contributed by atoms with Gasteiger partial charge in [0.15, 0.2) is 16.7 Å². The first kappa shape index (κ1) is 46.8. The number of hydrogen-bond acceptors (Lipinski definition) is 12. The molecule has 0 aliphatic rings. The molecule has 5 N–H and O–H groups in total. The Morgan fingerprint density at radius 3 is 1.40 bits per heavy atom. The lowest BCUT2D eigenvalue weighted by Crippen LogP contribution is -1.91. The highest BCUT2D eigenvalue weighted by molar-refractivity contribution is 6.38. The van der Waals surface area contributed by atoms with Gasteiger partial charge in [0.25, 0.3) is 5.97 Å². The summed E-state index contributed by atoms with van der Waals surface area (Å²) in [5, 5.41) is 22.9. The van der Waals surface area contributed by atoms with Gasteiger partial charge in [0, 0.05) is 29.3 Å². The summed E-state index contributed by atoms with van der Waals surface area (Å²) in [5.74, 6) is 1.45. The summed E-state index contributed by atoms with van der Waals surface area (Å²) in [5.41, 5.74) is 24.5. The Kier molecular flexibility index (Phi) is 15.3. The van der Waals surface area contributed by atoms with Gasteiger partial charge in [0.1, 0.15) is 34.3 Å².